The number of carbonyl (C=O) groups is 1. The molecular weight excluding hydrogens is 300 g/mol. The summed E-state index contributed by atoms with van der Waals surface area (Å²) in [5.74, 6) is 0.203. The molecule has 0 fully saturated rings. The van der Waals surface area contributed by atoms with Crippen LogP contribution in [0.15, 0.2) is 0 Å². The van der Waals surface area contributed by atoms with Crippen molar-refractivity contribution in [1.82, 2.24) is 10.6 Å². The second kappa shape index (κ2) is 20.4. The molecule has 144 valence electrons. The topological polar surface area (TPSA) is 61.4 Å². The second-order valence-electron chi connectivity index (χ2n) is 6.82. The van der Waals surface area contributed by atoms with E-state index >= 15 is 0 Å². The van der Waals surface area contributed by atoms with Gasteiger partial charge in [0.05, 0.1) is 6.61 Å². The van der Waals surface area contributed by atoms with Gasteiger partial charge >= 0.3 is 0 Å². The molecule has 0 aliphatic rings. The van der Waals surface area contributed by atoms with Gasteiger partial charge in [-0.05, 0) is 25.8 Å². The Morgan fingerprint density at radius 1 is 0.708 bits per heavy atom. The molecular formula is C20H42N2O2. The average molecular weight is 343 g/mol. The van der Waals surface area contributed by atoms with E-state index in [2.05, 4.69) is 17.6 Å². The average Bonchev–Trinajstić information content (AvgIpc) is 2.59. The quantitative estimate of drug-likeness (QED) is 0.309. The largest absolute Gasteiger partial charge is 0.395 e. The summed E-state index contributed by atoms with van der Waals surface area (Å²) in [4.78, 5) is 11.7. The molecule has 4 heteroatoms. The van der Waals surface area contributed by atoms with Gasteiger partial charge in [0.25, 0.3) is 0 Å². The molecule has 0 aliphatic heterocycles. The highest BCUT2D eigenvalue weighted by molar-refractivity contribution is 5.75. The molecule has 0 aromatic carbocycles. The number of unbranched alkanes of at least 4 members (excludes halogenated alkanes) is 11. The van der Waals surface area contributed by atoms with Gasteiger partial charge in [0.15, 0.2) is 0 Å². The van der Waals surface area contributed by atoms with Crippen molar-refractivity contribution >= 4 is 5.91 Å². The van der Waals surface area contributed by atoms with Crippen LogP contribution in [0.25, 0.3) is 0 Å². The van der Waals surface area contributed by atoms with Crippen LogP contribution in [0.4, 0.5) is 0 Å². The Balaban J connectivity index is 3.12. The molecule has 0 atom stereocenters. The zero-order chi connectivity index (χ0) is 17.7. The molecule has 0 saturated heterocycles. The zero-order valence-corrected chi connectivity index (χ0v) is 16.1. The molecule has 0 aromatic rings. The highest BCUT2D eigenvalue weighted by Gasteiger charge is 2.00. The minimum absolute atomic E-state index is 0.196. The highest BCUT2D eigenvalue weighted by atomic mass is 16.3. The lowest BCUT2D eigenvalue weighted by molar-refractivity contribution is -0.121. The molecule has 0 aromatic heterocycles. The van der Waals surface area contributed by atoms with Crippen molar-refractivity contribution in [3.8, 4) is 0 Å². The van der Waals surface area contributed by atoms with Crippen molar-refractivity contribution in [2.75, 3.05) is 26.2 Å². The monoisotopic (exact) mass is 342 g/mol. The van der Waals surface area contributed by atoms with Gasteiger partial charge in [-0.2, -0.15) is 0 Å². The van der Waals surface area contributed by atoms with Crippen LogP contribution in [0.3, 0.4) is 0 Å². The number of amides is 1. The fourth-order valence-electron chi connectivity index (χ4n) is 2.85. The van der Waals surface area contributed by atoms with E-state index in [1.54, 1.807) is 0 Å². The van der Waals surface area contributed by atoms with Gasteiger partial charge in [-0.1, -0.05) is 71.1 Å². The van der Waals surface area contributed by atoms with E-state index in [1.807, 2.05) is 0 Å². The van der Waals surface area contributed by atoms with Gasteiger partial charge in [0.2, 0.25) is 5.91 Å². The fourth-order valence-corrected chi connectivity index (χ4v) is 2.85. The number of hydrogen-bond acceptors (Lipinski definition) is 3. The van der Waals surface area contributed by atoms with Crippen molar-refractivity contribution in [3.05, 3.63) is 0 Å². The first-order valence-electron chi connectivity index (χ1n) is 10.4. The van der Waals surface area contributed by atoms with Crippen molar-refractivity contribution in [1.29, 1.82) is 0 Å². The summed E-state index contributed by atoms with van der Waals surface area (Å²) in [6.45, 7) is 4.90. The van der Waals surface area contributed by atoms with E-state index in [0.29, 0.717) is 13.0 Å². The molecule has 0 bridgehead atoms. The number of aliphatic hydroxyl groups excluding tert-OH is 1. The van der Waals surface area contributed by atoms with Gasteiger partial charge < -0.3 is 15.7 Å². The summed E-state index contributed by atoms with van der Waals surface area (Å²) >= 11 is 0. The smallest absolute Gasteiger partial charge is 0.219 e. The molecule has 4 nitrogen and oxygen atoms in total. The van der Waals surface area contributed by atoms with Crippen molar-refractivity contribution in [2.45, 2.75) is 96.8 Å². The molecule has 3 N–H and O–H groups in total. The van der Waals surface area contributed by atoms with Crippen molar-refractivity contribution in [2.24, 2.45) is 0 Å². The summed E-state index contributed by atoms with van der Waals surface area (Å²) in [5.41, 5.74) is 0. The molecule has 0 rings (SSSR count). The predicted octanol–water partition coefficient (Wildman–Crippen LogP) is 4.17. The molecule has 0 unspecified atom stereocenters. The molecule has 0 spiro atoms. The Bertz CT molecular complexity index is 260. The van der Waals surface area contributed by atoms with Crippen LogP contribution < -0.4 is 10.6 Å². The molecule has 0 radical (unpaired) electrons. The lowest BCUT2D eigenvalue weighted by Crippen LogP contribution is -2.24. The van der Waals surface area contributed by atoms with Crippen LogP contribution in [0.1, 0.15) is 96.8 Å². The van der Waals surface area contributed by atoms with E-state index in [4.69, 9.17) is 5.11 Å². The van der Waals surface area contributed by atoms with Crippen LogP contribution in [-0.4, -0.2) is 37.3 Å². The third-order valence-corrected chi connectivity index (χ3v) is 4.40. The first-order valence-corrected chi connectivity index (χ1v) is 10.4. The Morgan fingerprint density at radius 2 is 1.25 bits per heavy atom. The Hall–Kier alpha value is -0.610. The van der Waals surface area contributed by atoms with Gasteiger partial charge in [0.1, 0.15) is 0 Å². The number of rotatable bonds is 19. The third-order valence-electron chi connectivity index (χ3n) is 4.40. The summed E-state index contributed by atoms with van der Waals surface area (Å²) in [7, 11) is 0. The zero-order valence-electron chi connectivity index (χ0n) is 16.1. The minimum atomic E-state index is 0.196. The number of aliphatic hydroxyl groups is 1. The summed E-state index contributed by atoms with van der Waals surface area (Å²) < 4.78 is 0. The second-order valence-corrected chi connectivity index (χ2v) is 6.82. The summed E-state index contributed by atoms with van der Waals surface area (Å²) in [6, 6.07) is 0. The summed E-state index contributed by atoms with van der Waals surface area (Å²) in [6.07, 6.45) is 17.1. The van der Waals surface area contributed by atoms with Crippen LogP contribution in [0.2, 0.25) is 0 Å². The highest BCUT2D eigenvalue weighted by Crippen LogP contribution is 2.10. The van der Waals surface area contributed by atoms with E-state index in [1.165, 1.54) is 57.8 Å². The lowest BCUT2D eigenvalue weighted by atomic mass is 10.1. The third kappa shape index (κ3) is 19.4. The van der Waals surface area contributed by atoms with Gasteiger partial charge in [-0.15, -0.1) is 0 Å². The van der Waals surface area contributed by atoms with Crippen molar-refractivity contribution < 1.29 is 9.90 Å². The van der Waals surface area contributed by atoms with E-state index < -0.39 is 0 Å². The van der Waals surface area contributed by atoms with E-state index in [-0.39, 0.29) is 12.5 Å². The standard InChI is InChI=1S/C20H42N2O2/c1-2-3-4-5-6-7-8-9-10-14-17-22-20(24)15-12-11-13-16-21-18-19-23/h21,23H,2-19H2,1H3,(H,22,24). The maximum absolute atomic E-state index is 11.7. The Kier molecular flexibility index (Phi) is 19.9. The Morgan fingerprint density at radius 3 is 1.88 bits per heavy atom. The molecule has 24 heavy (non-hydrogen) atoms. The van der Waals surface area contributed by atoms with E-state index in [9.17, 15) is 4.79 Å². The van der Waals surface area contributed by atoms with Gasteiger partial charge in [-0.3, -0.25) is 4.79 Å². The van der Waals surface area contributed by atoms with Gasteiger partial charge in [0, 0.05) is 19.5 Å². The fraction of sp³-hybridized carbons (Fsp3) is 0.950. The molecule has 0 heterocycles. The number of nitrogens with one attached hydrogen (secondary N) is 2. The first-order chi connectivity index (χ1) is 11.8. The lowest BCUT2D eigenvalue weighted by Gasteiger charge is -2.06. The van der Waals surface area contributed by atoms with Crippen LogP contribution in [0, 0.1) is 0 Å². The summed E-state index contributed by atoms with van der Waals surface area (Å²) in [5, 5.41) is 14.8. The first kappa shape index (κ1) is 23.4. The van der Waals surface area contributed by atoms with Crippen LogP contribution >= 0.6 is 0 Å². The number of hydrogen-bond donors (Lipinski definition) is 3. The molecule has 0 saturated carbocycles. The molecule has 1 amide bonds. The van der Waals surface area contributed by atoms with Crippen LogP contribution in [-0.2, 0) is 4.79 Å². The van der Waals surface area contributed by atoms with Crippen LogP contribution in [0.5, 0.6) is 0 Å². The normalized spacial score (nSPS) is 10.9. The molecule has 0 aliphatic carbocycles. The SMILES string of the molecule is CCCCCCCCCCCCNC(=O)CCCCCNCCO. The maximum atomic E-state index is 11.7. The Labute approximate surface area is 150 Å². The van der Waals surface area contributed by atoms with Gasteiger partial charge in [-0.25, -0.2) is 0 Å². The van der Waals surface area contributed by atoms with Crippen molar-refractivity contribution in [3.63, 3.8) is 0 Å². The number of carbonyl (C=O) groups excluding carboxylic acids is 1. The minimum Gasteiger partial charge on any atom is -0.395 e. The predicted molar refractivity (Wildman–Crippen MR) is 103 cm³/mol. The maximum Gasteiger partial charge on any atom is 0.219 e. The van der Waals surface area contributed by atoms with E-state index in [0.717, 1.165) is 38.8 Å².